The van der Waals surface area contributed by atoms with Gasteiger partial charge in [0.25, 0.3) is 0 Å². The number of rotatable bonds is 3. The molecule has 0 saturated carbocycles. The number of anilines is 1. The summed E-state index contributed by atoms with van der Waals surface area (Å²) in [6, 6.07) is 3.21. The van der Waals surface area contributed by atoms with Crippen molar-refractivity contribution >= 4 is 51.2 Å². The highest BCUT2D eigenvalue weighted by molar-refractivity contribution is 14.1. The fraction of sp³-hybridized carbons (Fsp3) is 0.182. The van der Waals surface area contributed by atoms with Gasteiger partial charge in [0, 0.05) is 25.9 Å². The first-order chi connectivity index (χ1) is 8.08. The maximum atomic E-state index is 13.3. The molecule has 0 saturated heterocycles. The molecule has 0 bridgehead atoms. The second-order valence-electron chi connectivity index (χ2n) is 3.47. The van der Waals surface area contributed by atoms with Crippen LogP contribution < -0.4 is 5.32 Å². The summed E-state index contributed by atoms with van der Waals surface area (Å²) in [6.45, 7) is 2.41. The van der Waals surface area contributed by atoms with Gasteiger partial charge in [-0.3, -0.25) is 0 Å². The van der Waals surface area contributed by atoms with E-state index in [0.717, 1.165) is 14.1 Å². The topological polar surface area (TPSA) is 24.9 Å². The summed E-state index contributed by atoms with van der Waals surface area (Å²) in [6.07, 6.45) is 1.74. The SMILES string of the molecule is Cc1c(F)ccc(NCc2cnc(Cl)s2)c1I. The van der Waals surface area contributed by atoms with E-state index in [2.05, 4.69) is 32.9 Å². The predicted molar refractivity (Wildman–Crippen MR) is 78.3 cm³/mol. The Bertz CT molecular complexity index is 544. The van der Waals surface area contributed by atoms with Gasteiger partial charge < -0.3 is 5.32 Å². The molecule has 0 fully saturated rings. The van der Waals surface area contributed by atoms with Gasteiger partial charge in [0.05, 0.1) is 6.54 Å². The van der Waals surface area contributed by atoms with Crippen molar-refractivity contribution in [1.29, 1.82) is 0 Å². The molecular weight excluding hydrogens is 374 g/mol. The van der Waals surface area contributed by atoms with Crippen molar-refractivity contribution in [1.82, 2.24) is 4.98 Å². The smallest absolute Gasteiger partial charge is 0.183 e. The Kier molecular flexibility index (Phi) is 4.22. The molecule has 2 nitrogen and oxygen atoms in total. The Morgan fingerprint density at radius 2 is 2.29 bits per heavy atom. The van der Waals surface area contributed by atoms with E-state index in [1.807, 2.05) is 0 Å². The van der Waals surface area contributed by atoms with E-state index in [9.17, 15) is 4.39 Å². The van der Waals surface area contributed by atoms with E-state index in [1.54, 1.807) is 19.2 Å². The Morgan fingerprint density at radius 3 is 2.94 bits per heavy atom. The van der Waals surface area contributed by atoms with E-state index >= 15 is 0 Å². The number of halogens is 3. The summed E-state index contributed by atoms with van der Waals surface area (Å²) in [7, 11) is 0. The number of thiazole rings is 1. The summed E-state index contributed by atoms with van der Waals surface area (Å²) in [5, 5.41) is 3.25. The average molecular weight is 383 g/mol. The minimum absolute atomic E-state index is 0.180. The monoisotopic (exact) mass is 382 g/mol. The van der Waals surface area contributed by atoms with Crippen LogP contribution in [0.5, 0.6) is 0 Å². The minimum Gasteiger partial charge on any atom is -0.379 e. The lowest BCUT2D eigenvalue weighted by Gasteiger charge is -2.09. The average Bonchev–Trinajstić information content (AvgIpc) is 2.71. The van der Waals surface area contributed by atoms with Crippen molar-refractivity contribution in [2.45, 2.75) is 13.5 Å². The first-order valence-corrected chi connectivity index (χ1v) is 7.14. The van der Waals surface area contributed by atoms with Crippen molar-refractivity contribution < 1.29 is 4.39 Å². The molecular formula is C11H9ClFIN2S. The van der Waals surface area contributed by atoms with Crippen molar-refractivity contribution in [3.05, 3.63) is 42.6 Å². The van der Waals surface area contributed by atoms with Crippen LogP contribution in [0.2, 0.25) is 4.47 Å². The second kappa shape index (κ2) is 5.49. The molecule has 90 valence electrons. The molecule has 0 aliphatic rings. The van der Waals surface area contributed by atoms with Gasteiger partial charge >= 0.3 is 0 Å². The van der Waals surface area contributed by atoms with Gasteiger partial charge in [0.2, 0.25) is 0 Å². The number of nitrogens with zero attached hydrogens (tertiary/aromatic N) is 1. The van der Waals surface area contributed by atoms with Crippen molar-refractivity contribution in [3.63, 3.8) is 0 Å². The molecule has 0 radical (unpaired) electrons. The van der Waals surface area contributed by atoms with Crippen LogP contribution in [0, 0.1) is 16.3 Å². The summed E-state index contributed by atoms with van der Waals surface area (Å²) in [4.78, 5) is 5.01. The number of hydrogen-bond donors (Lipinski definition) is 1. The Labute approximate surface area is 121 Å². The molecule has 2 aromatic rings. The summed E-state index contributed by atoms with van der Waals surface area (Å²) in [5.41, 5.74) is 1.59. The van der Waals surface area contributed by atoms with Crippen LogP contribution in [-0.2, 0) is 6.54 Å². The summed E-state index contributed by atoms with van der Waals surface area (Å²) in [5.74, 6) is -0.180. The molecule has 1 heterocycles. The van der Waals surface area contributed by atoms with Crippen LogP contribution in [0.1, 0.15) is 10.4 Å². The van der Waals surface area contributed by atoms with E-state index < -0.39 is 0 Å². The molecule has 0 unspecified atom stereocenters. The van der Waals surface area contributed by atoms with Gasteiger partial charge in [-0.2, -0.15) is 0 Å². The third-order valence-corrected chi connectivity index (χ3v) is 4.80. The first-order valence-electron chi connectivity index (χ1n) is 4.86. The van der Waals surface area contributed by atoms with Crippen LogP contribution in [0.25, 0.3) is 0 Å². The standard InChI is InChI=1S/C11H9ClFIN2S/c1-6-8(13)2-3-9(10(6)14)15-4-7-5-16-11(12)17-7/h2-3,5,15H,4H2,1H3. The van der Waals surface area contributed by atoms with Crippen LogP contribution in [0.4, 0.5) is 10.1 Å². The zero-order valence-corrected chi connectivity index (χ0v) is 12.7. The fourth-order valence-electron chi connectivity index (χ4n) is 1.35. The van der Waals surface area contributed by atoms with Gasteiger partial charge in [0.1, 0.15) is 5.82 Å². The van der Waals surface area contributed by atoms with E-state index in [0.29, 0.717) is 16.6 Å². The first kappa shape index (κ1) is 13.0. The zero-order valence-electron chi connectivity index (χ0n) is 8.93. The molecule has 0 atom stereocenters. The van der Waals surface area contributed by atoms with Gasteiger partial charge in [-0.15, -0.1) is 11.3 Å². The highest BCUT2D eigenvalue weighted by Crippen LogP contribution is 2.25. The highest BCUT2D eigenvalue weighted by atomic mass is 127. The number of aromatic nitrogens is 1. The number of hydrogen-bond acceptors (Lipinski definition) is 3. The third kappa shape index (κ3) is 3.08. The molecule has 1 aromatic carbocycles. The lowest BCUT2D eigenvalue weighted by molar-refractivity contribution is 0.617. The maximum Gasteiger partial charge on any atom is 0.183 e. The molecule has 0 aliphatic carbocycles. The third-order valence-electron chi connectivity index (χ3n) is 2.30. The van der Waals surface area contributed by atoms with Crippen molar-refractivity contribution in [2.24, 2.45) is 0 Å². The zero-order chi connectivity index (χ0) is 12.4. The fourth-order valence-corrected chi connectivity index (χ4v) is 2.89. The maximum absolute atomic E-state index is 13.3. The Balaban J connectivity index is 2.12. The highest BCUT2D eigenvalue weighted by Gasteiger charge is 2.07. The molecule has 1 N–H and O–H groups in total. The van der Waals surface area contributed by atoms with Crippen LogP contribution in [-0.4, -0.2) is 4.98 Å². The van der Waals surface area contributed by atoms with Gasteiger partial charge in [-0.1, -0.05) is 11.6 Å². The predicted octanol–water partition coefficient (Wildman–Crippen LogP) is 4.46. The molecule has 0 aliphatic heterocycles. The molecule has 0 spiro atoms. The van der Waals surface area contributed by atoms with Gasteiger partial charge in [-0.25, -0.2) is 9.37 Å². The van der Waals surface area contributed by atoms with Crippen LogP contribution in [0.3, 0.4) is 0 Å². The van der Waals surface area contributed by atoms with Crippen LogP contribution >= 0.6 is 45.5 Å². The quantitative estimate of drug-likeness (QED) is 0.793. The van der Waals surface area contributed by atoms with Gasteiger partial charge in [0.15, 0.2) is 4.47 Å². The Hall–Kier alpha value is -0.400. The van der Waals surface area contributed by atoms with Crippen molar-refractivity contribution in [2.75, 3.05) is 5.32 Å². The minimum atomic E-state index is -0.180. The molecule has 1 aromatic heterocycles. The molecule has 6 heteroatoms. The number of nitrogens with one attached hydrogen (secondary N) is 1. The van der Waals surface area contributed by atoms with E-state index in [4.69, 9.17) is 11.6 Å². The lowest BCUT2D eigenvalue weighted by Crippen LogP contribution is -2.01. The second-order valence-corrected chi connectivity index (χ2v) is 6.24. The van der Waals surface area contributed by atoms with Crippen molar-refractivity contribution in [3.8, 4) is 0 Å². The molecule has 2 rings (SSSR count). The largest absolute Gasteiger partial charge is 0.379 e. The summed E-state index contributed by atoms with van der Waals surface area (Å²) < 4.78 is 14.7. The normalized spacial score (nSPS) is 10.6. The Morgan fingerprint density at radius 1 is 1.53 bits per heavy atom. The summed E-state index contributed by atoms with van der Waals surface area (Å²) >= 11 is 9.32. The molecule has 17 heavy (non-hydrogen) atoms. The number of benzene rings is 1. The lowest BCUT2D eigenvalue weighted by atomic mass is 10.2. The van der Waals surface area contributed by atoms with Gasteiger partial charge in [-0.05, 0) is 41.6 Å². The van der Waals surface area contributed by atoms with E-state index in [-0.39, 0.29) is 5.82 Å². The van der Waals surface area contributed by atoms with E-state index in [1.165, 1.54) is 17.4 Å². The van der Waals surface area contributed by atoms with Crippen LogP contribution in [0.15, 0.2) is 18.3 Å². The molecule has 0 amide bonds.